The normalized spacial score (nSPS) is 18.3. The fourth-order valence-electron chi connectivity index (χ4n) is 4.92. The molecule has 38 heavy (non-hydrogen) atoms. The monoisotopic (exact) mass is 538 g/mol. The first-order valence-corrected chi connectivity index (χ1v) is 12.5. The lowest BCUT2D eigenvalue weighted by Gasteiger charge is -2.29. The van der Waals surface area contributed by atoms with E-state index in [9.17, 15) is 31.4 Å². The van der Waals surface area contributed by atoms with E-state index in [-0.39, 0.29) is 47.7 Å². The Morgan fingerprint density at radius 2 is 1.26 bits per heavy atom. The summed E-state index contributed by atoms with van der Waals surface area (Å²) in [6.07, 6.45) is 1.19. The third-order valence-corrected chi connectivity index (χ3v) is 7.04. The van der Waals surface area contributed by atoms with E-state index in [4.69, 9.17) is 9.47 Å². The van der Waals surface area contributed by atoms with Crippen LogP contribution in [0.3, 0.4) is 0 Å². The zero-order valence-corrected chi connectivity index (χ0v) is 21.0. The number of hydrogen-bond acceptors (Lipinski definition) is 3. The molecule has 4 rings (SSSR count). The van der Waals surface area contributed by atoms with Crippen LogP contribution in [0.1, 0.15) is 62.7 Å². The van der Waals surface area contributed by atoms with Crippen LogP contribution in [0.2, 0.25) is 0 Å². The summed E-state index contributed by atoms with van der Waals surface area (Å²) in [5.41, 5.74) is -0.736. The molecule has 0 saturated heterocycles. The van der Waals surface area contributed by atoms with Crippen molar-refractivity contribution in [2.45, 2.75) is 51.6 Å². The molecule has 1 aliphatic rings. The number of halogens is 6. The second-order valence-electron chi connectivity index (χ2n) is 9.49. The summed E-state index contributed by atoms with van der Waals surface area (Å²) in [6.45, 7) is 3.15. The molecule has 0 amide bonds. The second-order valence-corrected chi connectivity index (χ2v) is 9.49. The average Bonchev–Trinajstić information content (AvgIpc) is 2.90. The van der Waals surface area contributed by atoms with Gasteiger partial charge in [-0.15, -0.1) is 0 Å². The lowest BCUT2D eigenvalue weighted by Crippen LogP contribution is -2.20. The molecule has 1 N–H and O–H groups in total. The smallest absolute Gasteiger partial charge is 0.201 e. The van der Waals surface area contributed by atoms with Gasteiger partial charge in [0.25, 0.3) is 0 Å². The van der Waals surface area contributed by atoms with Gasteiger partial charge in [0.2, 0.25) is 11.6 Å². The molecule has 3 aromatic rings. The van der Waals surface area contributed by atoms with Crippen molar-refractivity contribution >= 4 is 0 Å². The minimum absolute atomic E-state index is 0.0179. The number of hydrogen-bond donors (Lipinski definition) is 1. The van der Waals surface area contributed by atoms with Gasteiger partial charge >= 0.3 is 0 Å². The van der Waals surface area contributed by atoms with Gasteiger partial charge in [0.1, 0.15) is 0 Å². The molecule has 0 aliphatic heterocycles. The fourth-order valence-corrected chi connectivity index (χ4v) is 4.92. The van der Waals surface area contributed by atoms with Crippen LogP contribution >= 0.6 is 0 Å². The molecule has 1 fully saturated rings. The molecule has 1 saturated carbocycles. The summed E-state index contributed by atoms with van der Waals surface area (Å²) in [4.78, 5) is 0. The molecule has 0 radical (unpaired) electrons. The van der Waals surface area contributed by atoms with Crippen LogP contribution in [0.4, 0.5) is 26.3 Å². The van der Waals surface area contributed by atoms with Gasteiger partial charge in [-0.05, 0) is 81.2 Å². The van der Waals surface area contributed by atoms with Gasteiger partial charge in [-0.1, -0.05) is 12.1 Å². The highest BCUT2D eigenvalue weighted by Gasteiger charge is 2.28. The van der Waals surface area contributed by atoms with Crippen molar-refractivity contribution < 1.29 is 40.9 Å². The van der Waals surface area contributed by atoms with Gasteiger partial charge in [0.05, 0.1) is 19.3 Å². The van der Waals surface area contributed by atoms with Gasteiger partial charge in [-0.3, -0.25) is 0 Å². The fraction of sp³-hybridized carbons (Fsp3) is 0.379. The highest BCUT2D eigenvalue weighted by Crippen LogP contribution is 2.39. The Kier molecular flexibility index (Phi) is 8.55. The number of benzene rings is 3. The largest absolute Gasteiger partial charge is 0.491 e. The van der Waals surface area contributed by atoms with Crippen molar-refractivity contribution in [2.75, 3.05) is 13.2 Å². The van der Waals surface area contributed by atoms with Crippen molar-refractivity contribution in [3.8, 4) is 22.6 Å². The van der Waals surface area contributed by atoms with Crippen LogP contribution < -0.4 is 9.47 Å². The third kappa shape index (κ3) is 5.48. The van der Waals surface area contributed by atoms with Crippen LogP contribution in [0.25, 0.3) is 11.1 Å². The summed E-state index contributed by atoms with van der Waals surface area (Å²) >= 11 is 0. The van der Waals surface area contributed by atoms with Gasteiger partial charge in [-0.25, -0.2) is 17.6 Å². The molecule has 1 aliphatic carbocycles. The molecule has 1 atom stereocenters. The first-order chi connectivity index (χ1) is 18.1. The topological polar surface area (TPSA) is 38.7 Å². The zero-order chi connectivity index (χ0) is 27.6. The van der Waals surface area contributed by atoms with Crippen LogP contribution in [-0.2, 0) is 0 Å². The lowest BCUT2D eigenvalue weighted by molar-refractivity contribution is 0.189. The van der Waals surface area contributed by atoms with E-state index in [2.05, 4.69) is 0 Å². The standard InChI is InChI=1S/C29H28F6O3/c1-3-37-22-12-10-20(26(32)28(22)34)21-11-13-23(29(35)27(21)33)38-14-16-4-6-17(7-5-16)19-9-8-18(15(2)36)24(30)25(19)31/h8-13,15-17,36H,3-7,14H2,1-2H3. The van der Waals surface area contributed by atoms with Gasteiger partial charge in [-0.2, -0.15) is 8.78 Å². The first-order valence-electron chi connectivity index (χ1n) is 12.5. The molecule has 3 aromatic carbocycles. The highest BCUT2D eigenvalue weighted by atomic mass is 19.2. The Hall–Kier alpha value is -3.20. The molecule has 0 heterocycles. The minimum atomic E-state index is -1.37. The van der Waals surface area contributed by atoms with E-state index in [1.807, 2.05) is 0 Å². The molecular formula is C29H28F6O3. The lowest BCUT2D eigenvalue weighted by atomic mass is 9.78. The maximum absolute atomic E-state index is 14.8. The average molecular weight is 539 g/mol. The molecular weight excluding hydrogens is 510 g/mol. The first kappa shape index (κ1) is 27.8. The third-order valence-electron chi connectivity index (χ3n) is 7.04. The van der Waals surface area contributed by atoms with Crippen LogP contribution in [0, 0.1) is 40.8 Å². The number of aliphatic hydroxyl groups excluding tert-OH is 1. The molecule has 3 nitrogen and oxygen atoms in total. The van der Waals surface area contributed by atoms with Crippen molar-refractivity contribution in [1.29, 1.82) is 0 Å². The van der Waals surface area contributed by atoms with Crippen LogP contribution in [0.15, 0.2) is 36.4 Å². The van der Waals surface area contributed by atoms with Gasteiger partial charge in [0, 0.05) is 16.7 Å². The van der Waals surface area contributed by atoms with Gasteiger partial charge in [0.15, 0.2) is 34.8 Å². The number of ether oxygens (including phenoxy) is 2. The summed E-state index contributed by atoms with van der Waals surface area (Å²) in [5, 5.41) is 9.57. The Bertz CT molecular complexity index is 1300. The Balaban J connectivity index is 1.40. The Labute approximate surface area is 217 Å². The van der Waals surface area contributed by atoms with Crippen molar-refractivity contribution in [3.05, 3.63) is 82.4 Å². The van der Waals surface area contributed by atoms with Gasteiger partial charge < -0.3 is 14.6 Å². The van der Waals surface area contributed by atoms with E-state index in [0.29, 0.717) is 25.7 Å². The summed E-state index contributed by atoms with van der Waals surface area (Å²) in [5.74, 6) is -8.24. The molecule has 0 spiro atoms. The minimum Gasteiger partial charge on any atom is -0.491 e. The quantitative estimate of drug-likeness (QED) is 0.296. The van der Waals surface area contributed by atoms with E-state index in [1.54, 1.807) is 6.92 Å². The van der Waals surface area contributed by atoms with Crippen LogP contribution in [-0.4, -0.2) is 18.3 Å². The Morgan fingerprint density at radius 3 is 1.79 bits per heavy atom. The molecule has 9 heteroatoms. The van der Waals surface area contributed by atoms with Crippen molar-refractivity contribution in [1.82, 2.24) is 0 Å². The van der Waals surface area contributed by atoms with Crippen molar-refractivity contribution in [2.24, 2.45) is 5.92 Å². The number of aliphatic hydroxyl groups is 1. The summed E-state index contributed by atoms with van der Waals surface area (Å²) in [6, 6.07) is 7.44. The predicted molar refractivity (Wildman–Crippen MR) is 130 cm³/mol. The number of rotatable bonds is 8. The second kappa shape index (κ2) is 11.7. The van der Waals surface area contributed by atoms with Crippen LogP contribution in [0.5, 0.6) is 11.5 Å². The van der Waals surface area contributed by atoms with E-state index < -0.39 is 52.1 Å². The van der Waals surface area contributed by atoms with E-state index in [0.717, 1.165) is 24.3 Å². The molecule has 204 valence electrons. The zero-order valence-electron chi connectivity index (χ0n) is 21.0. The SMILES string of the molecule is CCOc1ccc(-c2ccc(OCC3CCC(c4ccc(C(C)O)c(F)c4F)CC3)c(F)c2F)c(F)c1F. The molecule has 0 bridgehead atoms. The summed E-state index contributed by atoms with van der Waals surface area (Å²) in [7, 11) is 0. The van der Waals surface area contributed by atoms with Crippen molar-refractivity contribution in [3.63, 3.8) is 0 Å². The summed E-state index contributed by atoms with van der Waals surface area (Å²) < 4.78 is 97.6. The predicted octanol–water partition coefficient (Wildman–Crippen LogP) is 7.99. The Morgan fingerprint density at radius 1 is 0.711 bits per heavy atom. The van der Waals surface area contributed by atoms with E-state index >= 15 is 0 Å². The highest BCUT2D eigenvalue weighted by molar-refractivity contribution is 5.67. The molecule has 0 aromatic heterocycles. The maximum atomic E-state index is 14.8. The maximum Gasteiger partial charge on any atom is 0.201 e. The molecule has 1 unspecified atom stereocenters. The van der Waals surface area contributed by atoms with E-state index in [1.165, 1.54) is 19.1 Å².